The van der Waals surface area contributed by atoms with E-state index in [0.717, 1.165) is 22.4 Å². The Bertz CT molecular complexity index is 1160. The SMILES string of the molecule is COc1ccc(C(C)(C)C)cc1C(=O)Nc1cnc(C)c(-c2cccc(OC(C)=O)c2)c1. The predicted molar refractivity (Wildman–Crippen MR) is 125 cm³/mol. The second-order valence-corrected chi connectivity index (χ2v) is 8.60. The summed E-state index contributed by atoms with van der Waals surface area (Å²) in [6, 6.07) is 14.7. The van der Waals surface area contributed by atoms with E-state index in [4.69, 9.17) is 9.47 Å². The van der Waals surface area contributed by atoms with E-state index in [-0.39, 0.29) is 17.3 Å². The van der Waals surface area contributed by atoms with Crippen molar-refractivity contribution in [2.75, 3.05) is 12.4 Å². The van der Waals surface area contributed by atoms with Crippen LogP contribution in [0.4, 0.5) is 5.69 Å². The molecule has 2 aromatic carbocycles. The number of pyridine rings is 1. The lowest BCUT2D eigenvalue weighted by atomic mass is 9.86. The van der Waals surface area contributed by atoms with Gasteiger partial charge in [0, 0.05) is 18.2 Å². The van der Waals surface area contributed by atoms with Crippen LogP contribution < -0.4 is 14.8 Å². The van der Waals surface area contributed by atoms with Crippen LogP contribution in [0.5, 0.6) is 11.5 Å². The number of ether oxygens (including phenoxy) is 2. The molecule has 0 saturated heterocycles. The van der Waals surface area contributed by atoms with Gasteiger partial charge in [0.2, 0.25) is 0 Å². The topological polar surface area (TPSA) is 77.5 Å². The zero-order valence-corrected chi connectivity index (χ0v) is 19.3. The number of rotatable bonds is 5. The summed E-state index contributed by atoms with van der Waals surface area (Å²) in [5.74, 6) is 0.292. The molecule has 1 amide bonds. The summed E-state index contributed by atoms with van der Waals surface area (Å²) in [7, 11) is 1.55. The van der Waals surface area contributed by atoms with Gasteiger partial charge in [0.1, 0.15) is 11.5 Å². The monoisotopic (exact) mass is 432 g/mol. The molecule has 0 aliphatic carbocycles. The maximum Gasteiger partial charge on any atom is 0.308 e. The van der Waals surface area contributed by atoms with Crippen molar-refractivity contribution in [3.63, 3.8) is 0 Å². The first-order valence-electron chi connectivity index (χ1n) is 10.3. The molecule has 0 atom stereocenters. The van der Waals surface area contributed by atoms with Gasteiger partial charge in [-0.3, -0.25) is 14.6 Å². The first kappa shape index (κ1) is 23.0. The van der Waals surface area contributed by atoms with Crippen LogP contribution in [-0.4, -0.2) is 24.0 Å². The average molecular weight is 433 g/mol. The number of carbonyl (C=O) groups is 2. The van der Waals surface area contributed by atoms with E-state index < -0.39 is 0 Å². The van der Waals surface area contributed by atoms with Crippen LogP contribution in [0.3, 0.4) is 0 Å². The maximum atomic E-state index is 13.1. The normalized spacial score (nSPS) is 11.1. The van der Waals surface area contributed by atoms with Crippen molar-refractivity contribution in [3.05, 3.63) is 71.5 Å². The van der Waals surface area contributed by atoms with Gasteiger partial charge in [0.05, 0.1) is 24.6 Å². The van der Waals surface area contributed by atoms with E-state index >= 15 is 0 Å². The van der Waals surface area contributed by atoms with Crippen LogP contribution >= 0.6 is 0 Å². The van der Waals surface area contributed by atoms with Crippen molar-refractivity contribution >= 4 is 17.6 Å². The summed E-state index contributed by atoms with van der Waals surface area (Å²) in [6.45, 7) is 9.53. The lowest BCUT2D eigenvalue weighted by Crippen LogP contribution is -2.17. The summed E-state index contributed by atoms with van der Waals surface area (Å²) >= 11 is 0. The smallest absolute Gasteiger partial charge is 0.308 e. The minimum atomic E-state index is -0.385. The van der Waals surface area contributed by atoms with Crippen LogP contribution in [-0.2, 0) is 10.2 Å². The average Bonchev–Trinajstić information content (AvgIpc) is 2.73. The lowest BCUT2D eigenvalue weighted by molar-refractivity contribution is -0.131. The molecule has 1 N–H and O–H groups in total. The number of hydrogen-bond acceptors (Lipinski definition) is 5. The number of benzene rings is 2. The van der Waals surface area contributed by atoms with E-state index in [9.17, 15) is 9.59 Å². The molecule has 6 nitrogen and oxygen atoms in total. The number of esters is 1. The minimum absolute atomic E-state index is 0.104. The number of anilines is 1. The van der Waals surface area contributed by atoms with E-state index in [2.05, 4.69) is 31.1 Å². The molecular weight excluding hydrogens is 404 g/mol. The van der Waals surface area contributed by atoms with Crippen molar-refractivity contribution in [1.82, 2.24) is 4.98 Å². The Balaban J connectivity index is 1.93. The highest BCUT2D eigenvalue weighted by atomic mass is 16.5. The zero-order valence-electron chi connectivity index (χ0n) is 19.3. The molecule has 0 fully saturated rings. The molecule has 0 saturated carbocycles. The molecule has 0 aliphatic heterocycles. The lowest BCUT2D eigenvalue weighted by Gasteiger charge is -2.21. The summed E-state index contributed by atoms with van der Waals surface area (Å²) in [5, 5.41) is 2.93. The van der Waals surface area contributed by atoms with Gasteiger partial charge in [-0.05, 0) is 53.8 Å². The van der Waals surface area contributed by atoms with Crippen LogP contribution in [0.15, 0.2) is 54.7 Å². The highest BCUT2D eigenvalue weighted by Crippen LogP contribution is 2.30. The third kappa shape index (κ3) is 5.32. The Morgan fingerprint density at radius 1 is 1.03 bits per heavy atom. The number of carbonyl (C=O) groups excluding carboxylic acids is 2. The Hall–Kier alpha value is -3.67. The van der Waals surface area contributed by atoms with E-state index in [1.807, 2.05) is 37.3 Å². The number of nitrogens with zero attached hydrogens (tertiary/aromatic N) is 1. The maximum absolute atomic E-state index is 13.1. The zero-order chi connectivity index (χ0) is 23.5. The molecular formula is C26H28N2O4. The van der Waals surface area contributed by atoms with Crippen molar-refractivity contribution in [2.24, 2.45) is 0 Å². The first-order chi connectivity index (χ1) is 15.1. The highest BCUT2D eigenvalue weighted by molar-refractivity contribution is 6.06. The van der Waals surface area contributed by atoms with Gasteiger partial charge in [-0.15, -0.1) is 0 Å². The minimum Gasteiger partial charge on any atom is -0.496 e. The summed E-state index contributed by atoms with van der Waals surface area (Å²) in [5.41, 5.74) is 4.39. The Kier molecular flexibility index (Phi) is 6.63. The van der Waals surface area contributed by atoms with Crippen LogP contribution in [0, 0.1) is 6.92 Å². The van der Waals surface area contributed by atoms with Crippen molar-refractivity contribution in [3.8, 4) is 22.6 Å². The molecule has 6 heteroatoms. The molecule has 0 aliphatic rings. The summed E-state index contributed by atoms with van der Waals surface area (Å²) in [4.78, 5) is 28.8. The molecule has 0 unspecified atom stereocenters. The molecule has 1 heterocycles. The van der Waals surface area contributed by atoms with Gasteiger partial charge in [-0.2, -0.15) is 0 Å². The predicted octanol–water partition coefficient (Wildman–Crippen LogP) is 5.54. The number of nitrogens with one attached hydrogen (secondary N) is 1. The second-order valence-electron chi connectivity index (χ2n) is 8.60. The largest absolute Gasteiger partial charge is 0.496 e. The molecule has 3 rings (SSSR count). The molecule has 0 bridgehead atoms. The fourth-order valence-corrected chi connectivity index (χ4v) is 3.34. The van der Waals surface area contributed by atoms with Gasteiger partial charge in [-0.25, -0.2) is 0 Å². The molecule has 1 aromatic heterocycles. The van der Waals surface area contributed by atoms with Crippen molar-refractivity contribution < 1.29 is 19.1 Å². The number of aryl methyl sites for hydroxylation is 1. The number of aromatic nitrogens is 1. The summed E-state index contributed by atoms with van der Waals surface area (Å²) in [6.07, 6.45) is 1.62. The van der Waals surface area contributed by atoms with Gasteiger partial charge >= 0.3 is 5.97 Å². The van der Waals surface area contributed by atoms with Crippen LogP contribution in [0.25, 0.3) is 11.1 Å². The van der Waals surface area contributed by atoms with Crippen molar-refractivity contribution in [1.29, 1.82) is 0 Å². The molecule has 32 heavy (non-hydrogen) atoms. The summed E-state index contributed by atoms with van der Waals surface area (Å²) < 4.78 is 10.6. The third-order valence-electron chi connectivity index (χ3n) is 5.06. The van der Waals surface area contributed by atoms with Crippen molar-refractivity contribution in [2.45, 2.75) is 40.0 Å². The third-order valence-corrected chi connectivity index (χ3v) is 5.06. The molecule has 0 radical (unpaired) electrons. The Labute approximate surface area is 188 Å². The second kappa shape index (κ2) is 9.22. The van der Waals surface area contributed by atoms with E-state index in [1.165, 1.54) is 6.92 Å². The standard InChI is InChI=1S/C26H28N2O4/c1-16-22(18-8-7-9-21(12-18)32-17(2)29)14-20(15-27-16)28-25(30)23-13-19(26(3,4)5)10-11-24(23)31-6/h7-15H,1-6H3,(H,28,30). The van der Waals surface area contributed by atoms with Gasteiger partial charge in [0.25, 0.3) is 5.91 Å². The highest BCUT2D eigenvalue weighted by Gasteiger charge is 2.20. The molecule has 3 aromatic rings. The fraction of sp³-hybridized carbons (Fsp3) is 0.269. The Morgan fingerprint density at radius 2 is 1.78 bits per heavy atom. The quantitative estimate of drug-likeness (QED) is 0.423. The first-order valence-corrected chi connectivity index (χ1v) is 10.3. The van der Waals surface area contributed by atoms with E-state index in [0.29, 0.717) is 22.7 Å². The number of amides is 1. The van der Waals surface area contributed by atoms with Gasteiger partial charge in [0.15, 0.2) is 0 Å². The number of methoxy groups -OCH3 is 1. The van der Waals surface area contributed by atoms with Crippen LogP contribution in [0.1, 0.15) is 49.3 Å². The van der Waals surface area contributed by atoms with Gasteiger partial charge < -0.3 is 14.8 Å². The van der Waals surface area contributed by atoms with Crippen LogP contribution in [0.2, 0.25) is 0 Å². The molecule has 166 valence electrons. The molecule has 0 spiro atoms. The fourth-order valence-electron chi connectivity index (χ4n) is 3.34. The number of hydrogen-bond donors (Lipinski definition) is 1. The Morgan fingerprint density at radius 3 is 2.44 bits per heavy atom. The van der Waals surface area contributed by atoms with E-state index in [1.54, 1.807) is 31.5 Å². The van der Waals surface area contributed by atoms with Gasteiger partial charge in [-0.1, -0.05) is 39.0 Å².